The Hall–Kier alpha value is -2.31. The van der Waals surface area contributed by atoms with Crippen LogP contribution >= 0.6 is 0 Å². The van der Waals surface area contributed by atoms with Gasteiger partial charge in [-0.25, -0.2) is 9.78 Å². The van der Waals surface area contributed by atoms with Gasteiger partial charge >= 0.3 is 12.2 Å². The van der Waals surface area contributed by atoms with Crippen molar-refractivity contribution >= 4 is 6.03 Å². The Morgan fingerprint density at radius 3 is 2.75 bits per heavy atom. The predicted molar refractivity (Wildman–Crippen MR) is 66.0 cm³/mol. The minimum absolute atomic E-state index is 0.383. The summed E-state index contributed by atoms with van der Waals surface area (Å²) in [7, 11) is 0. The molecule has 1 unspecified atom stereocenters. The molecule has 106 valence electrons. The molecule has 1 aromatic heterocycles. The maximum atomic E-state index is 12.6. The van der Waals surface area contributed by atoms with Crippen LogP contribution in [-0.4, -0.2) is 15.6 Å². The first-order valence-electron chi connectivity index (χ1n) is 5.84. The van der Waals surface area contributed by atoms with E-state index in [1.54, 1.807) is 6.92 Å². The molecule has 4 nitrogen and oxygen atoms in total. The van der Waals surface area contributed by atoms with E-state index in [1.165, 1.54) is 35.4 Å². The molecule has 0 aliphatic rings. The van der Waals surface area contributed by atoms with Gasteiger partial charge in [-0.05, 0) is 24.6 Å². The fourth-order valence-corrected chi connectivity index (χ4v) is 1.71. The molecule has 1 heterocycles. The third-order valence-electron chi connectivity index (χ3n) is 2.79. The molecule has 1 N–H and O–H groups in total. The highest BCUT2D eigenvalue weighted by Gasteiger charge is 2.30. The number of hydrogen-bond acceptors (Lipinski definition) is 2. The van der Waals surface area contributed by atoms with Crippen molar-refractivity contribution in [1.29, 1.82) is 0 Å². The van der Waals surface area contributed by atoms with Crippen LogP contribution in [0.3, 0.4) is 0 Å². The van der Waals surface area contributed by atoms with Crippen LogP contribution in [0.15, 0.2) is 43.0 Å². The van der Waals surface area contributed by atoms with Gasteiger partial charge in [0.1, 0.15) is 6.33 Å². The third kappa shape index (κ3) is 3.17. The molecule has 0 saturated carbocycles. The van der Waals surface area contributed by atoms with Crippen molar-refractivity contribution in [3.8, 4) is 0 Å². The summed E-state index contributed by atoms with van der Waals surface area (Å²) in [6, 6.07) is 3.87. The minimum Gasteiger partial charge on any atom is -0.331 e. The second kappa shape index (κ2) is 5.36. The summed E-state index contributed by atoms with van der Waals surface area (Å²) in [4.78, 5) is 15.5. The number of amides is 1. The molecular formula is C13H12F3N3O. The van der Waals surface area contributed by atoms with E-state index in [-0.39, 0.29) is 0 Å². The van der Waals surface area contributed by atoms with Crippen LogP contribution in [-0.2, 0) is 6.18 Å². The van der Waals surface area contributed by atoms with Crippen molar-refractivity contribution in [2.75, 3.05) is 0 Å². The number of nitrogens with zero attached hydrogens (tertiary/aromatic N) is 2. The van der Waals surface area contributed by atoms with Crippen LogP contribution in [0.2, 0.25) is 0 Å². The second-order valence-electron chi connectivity index (χ2n) is 4.26. The predicted octanol–water partition coefficient (Wildman–Crippen LogP) is 3.22. The van der Waals surface area contributed by atoms with Gasteiger partial charge in [-0.1, -0.05) is 12.1 Å². The Balaban J connectivity index is 2.13. The summed E-state index contributed by atoms with van der Waals surface area (Å²) in [5.41, 5.74) is -0.355. The summed E-state index contributed by atoms with van der Waals surface area (Å²) in [5.74, 6) is 0. The van der Waals surface area contributed by atoms with Gasteiger partial charge in [-0.15, -0.1) is 0 Å². The van der Waals surface area contributed by atoms with Crippen molar-refractivity contribution in [3.63, 3.8) is 0 Å². The summed E-state index contributed by atoms with van der Waals surface area (Å²) in [6.07, 6.45) is -0.193. The van der Waals surface area contributed by atoms with E-state index in [4.69, 9.17) is 0 Å². The fraction of sp³-hybridized carbons (Fsp3) is 0.231. The number of hydrogen-bond donors (Lipinski definition) is 1. The Bertz CT molecular complexity index is 593. The Labute approximate surface area is 113 Å². The van der Waals surface area contributed by atoms with Gasteiger partial charge in [-0.2, -0.15) is 13.2 Å². The molecule has 0 radical (unpaired) electrons. The van der Waals surface area contributed by atoms with Crippen molar-refractivity contribution in [2.45, 2.75) is 19.1 Å². The average molecular weight is 283 g/mol. The number of alkyl halides is 3. The first kappa shape index (κ1) is 14.1. The lowest BCUT2D eigenvalue weighted by molar-refractivity contribution is -0.137. The number of carbonyl (C=O) groups excluding carboxylic acids is 1. The molecule has 0 spiro atoms. The number of nitrogens with one attached hydrogen (secondary N) is 1. The molecule has 20 heavy (non-hydrogen) atoms. The summed E-state index contributed by atoms with van der Waals surface area (Å²) >= 11 is 0. The van der Waals surface area contributed by atoms with Crippen LogP contribution in [0, 0.1) is 0 Å². The molecule has 1 amide bonds. The SMILES string of the molecule is CC(NC(=O)n1ccnc1)c1cccc(C(F)(F)F)c1. The van der Waals surface area contributed by atoms with Gasteiger partial charge in [-0.3, -0.25) is 4.57 Å². The molecule has 0 bridgehead atoms. The standard InChI is InChI=1S/C13H12F3N3O/c1-9(18-12(20)19-6-5-17-8-19)10-3-2-4-11(7-10)13(14,15)16/h2-9H,1H3,(H,18,20). The Kier molecular flexibility index (Phi) is 3.78. The highest BCUT2D eigenvalue weighted by Crippen LogP contribution is 2.30. The summed E-state index contributed by atoms with van der Waals surface area (Å²) in [5, 5.41) is 2.59. The van der Waals surface area contributed by atoms with E-state index in [1.807, 2.05) is 0 Å². The van der Waals surface area contributed by atoms with Crippen molar-refractivity contribution in [2.24, 2.45) is 0 Å². The lowest BCUT2D eigenvalue weighted by Crippen LogP contribution is -2.30. The number of benzene rings is 1. The van der Waals surface area contributed by atoms with Crippen molar-refractivity contribution in [3.05, 3.63) is 54.1 Å². The van der Waals surface area contributed by atoms with E-state index < -0.39 is 23.8 Å². The van der Waals surface area contributed by atoms with Crippen LogP contribution in [0.25, 0.3) is 0 Å². The zero-order valence-electron chi connectivity index (χ0n) is 10.6. The van der Waals surface area contributed by atoms with Gasteiger partial charge in [0.05, 0.1) is 11.6 Å². The normalized spacial score (nSPS) is 13.0. The van der Waals surface area contributed by atoms with Gasteiger partial charge in [0.2, 0.25) is 0 Å². The lowest BCUT2D eigenvalue weighted by Gasteiger charge is -2.16. The minimum atomic E-state index is -4.40. The largest absolute Gasteiger partial charge is 0.416 e. The molecule has 0 aliphatic heterocycles. The quantitative estimate of drug-likeness (QED) is 0.919. The van der Waals surface area contributed by atoms with E-state index in [2.05, 4.69) is 10.3 Å². The maximum absolute atomic E-state index is 12.6. The molecule has 2 aromatic rings. The molecule has 0 aliphatic carbocycles. The zero-order chi connectivity index (χ0) is 14.8. The molecular weight excluding hydrogens is 271 g/mol. The monoisotopic (exact) mass is 283 g/mol. The first-order valence-corrected chi connectivity index (χ1v) is 5.84. The Morgan fingerprint density at radius 2 is 2.15 bits per heavy atom. The maximum Gasteiger partial charge on any atom is 0.416 e. The number of aromatic nitrogens is 2. The average Bonchev–Trinajstić information content (AvgIpc) is 2.91. The van der Waals surface area contributed by atoms with E-state index in [0.717, 1.165) is 12.1 Å². The van der Waals surface area contributed by atoms with Crippen LogP contribution in [0.4, 0.5) is 18.0 Å². The van der Waals surface area contributed by atoms with Gasteiger partial charge in [0, 0.05) is 12.4 Å². The number of rotatable bonds is 2. The van der Waals surface area contributed by atoms with Crippen LogP contribution in [0.1, 0.15) is 24.1 Å². The van der Waals surface area contributed by atoms with Crippen molar-refractivity contribution < 1.29 is 18.0 Å². The van der Waals surface area contributed by atoms with E-state index in [9.17, 15) is 18.0 Å². The van der Waals surface area contributed by atoms with E-state index in [0.29, 0.717) is 5.56 Å². The lowest BCUT2D eigenvalue weighted by atomic mass is 10.1. The molecule has 2 rings (SSSR count). The van der Waals surface area contributed by atoms with Crippen molar-refractivity contribution in [1.82, 2.24) is 14.9 Å². The third-order valence-corrected chi connectivity index (χ3v) is 2.79. The number of halogens is 3. The van der Waals surface area contributed by atoms with Gasteiger partial charge in [0.15, 0.2) is 0 Å². The van der Waals surface area contributed by atoms with Gasteiger partial charge in [0.25, 0.3) is 0 Å². The van der Waals surface area contributed by atoms with E-state index >= 15 is 0 Å². The van der Waals surface area contributed by atoms with Crippen LogP contribution in [0.5, 0.6) is 0 Å². The molecule has 1 atom stereocenters. The smallest absolute Gasteiger partial charge is 0.331 e. The van der Waals surface area contributed by atoms with Gasteiger partial charge < -0.3 is 5.32 Å². The topological polar surface area (TPSA) is 46.9 Å². The highest BCUT2D eigenvalue weighted by atomic mass is 19.4. The number of imidazole rings is 1. The second-order valence-corrected chi connectivity index (χ2v) is 4.26. The zero-order valence-corrected chi connectivity index (χ0v) is 10.6. The molecule has 0 saturated heterocycles. The first-order chi connectivity index (χ1) is 9.38. The Morgan fingerprint density at radius 1 is 1.40 bits per heavy atom. The summed E-state index contributed by atoms with van der Waals surface area (Å²) in [6.45, 7) is 1.62. The summed E-state index contributed by atoms with van der Waals surface area (Å²) < 4.78 is 39.1. The van der Waals surface area contributed by atoms with Crippen LogP contribution < -0.4 is 5.32 Å². The molecule has 0 fully saturated rings. The molecule has 7 heteroatoms. The highest BCUT2D eigenvalue weighted by molar-refractivity contribution is 5.76. The fourth-order valence-electron chi connectivity index (χ4n) is 1.71. The molecule has 1 aromatic carbocycles. The number of carbonyl (C=O) groups is 1.